The summed E-state index contributed by atoms with van der Waals surface area (Å²) < 4.78 is 5.21. The van der Waals surface area contributed by atoms with Gasteiger partial charge in [-0.25, -0.2) is 4.79 Å². The number of carbonyl (C=O) groups is 4. The fourth-order valence-corrected chi connectivity index (χ4v) is 3.98. The quantitative estimate of drug-likeness (QED) is 0.468. The molecule has 0 aromatic heterocycles. The van der Waals surface area contributed by atoms with Crippen molar-refractivity contribution in [1.29, 1.82) is 0 Å². The van der Waals surface area contributed by atoms with Crippen LogP contribution in [-0.4, -0.2) is 53.3 Å². The van der Waals surface area contributed by atoms with Gasteiger partial charge in [-0.15, -0.1) is 0 Å². The number of nitrogens with one attached hydrogen (secondary N) is 1. The highest BCUT2D eigenvalue weighted by Crippen LogP contribution is 2.19. The van der Waals surface area contributed by atoms with Gasteiger partial charge in [0.25, 0.3) is 11.8 Å². The third-order valence-electron chi connectivity index (χ3n) is 5.88. The first-order chi connectivity index (χ1) is 17.5. The minimum absolute atomic E-state index is 0.163. The number of benzene rings is 3. The van der Waals surface area contributed by atoms with Crippen LogP contribution in [0.25, 0.3) is 0 Å². The average molecular weight is 486 g/mol. The molecule has 1 fully saturated rings. The van der Waals surface area contributed by atoms with Crippen molar-refractivity contribution >= 4 is 23.8 Å². The first-order valence-electron chi connectivity index (χ1n) is 11.7. The van der Waals surface area contributed by atoms with Crippen LogP contribution < -0.4 is 5.32 Å². The summed E-state index contributed by atoms with van der Waals surface area (Å²) in [7, 11) is 0. The summed E-state index contributed by atoms with van der Waals surface area (Å²) in [5.74, 6) is -1.55. The minimum atomic E-state index is -0.654. The molecule has 1 saturated heterocycles. The summed E-state index contributed by atoms with van der Waals surface area (Å²) in [6.45, 7) is 0.512. The lowest BCUT2D eigenvalue weighted by Crippen LogP contribution is -2.38. The molecule has 1 heterocycles. The van der Waals surface area contributed by atoms with E-state index in [2.05, 4.69) is 5.32 Å². The van der Waals surface area contributed by atoms with Crippen LogP contribution >= 0.6 is 0 Å². The second-order valence-electron chi connectivity index (χ2n) is 8.40. The van der Waals surface area contributed by atoms with Gasteiger partial charge in [-0.1, -0.05) is 78.9 Å². The van der Waals surface area contributed by atoms with E-state index in [4.69, 9.17) is 4.74 Å². The van der Waals surface area contributed by atoms with Gasteiger partial charge in [0.1, 0.15) is 0 Å². The average Bonchev–Trinajstić information content (AvgIpc) is 3.28. The molecule has 4 amide bonds. The number of rotatable bonds is 9. The van der Waals surface area contributed by atoms with E-state index in [0.717, 1.165) is 16.0 Å². The van der Waals surface area contributed by atoms with Crippen LogP contribution in [0.3, 0.4) is 0 Å². The Morgan fingerprint density at radius 1 is 0.833 bits per heavy atom. The third kappa shape index (κ3) is 6.35. The minimum Gasteiger partial charge on any atom is -0.455 e. The van der Waals surface area contributed by atoms with E-state index < -0.39 is 30.6 Å². The highest BCUT2D eigenvalue weighted by Gasteiger charge is 2.33. The molecule has 1 N–H and O–H groups in total. The molecule has 0 spiro atoms. The molecule has 8 heteroatoms. The zero-order valence-corrected chi connectivity index (χ0v) is 19.7. The largest absolute Gasteiger partial charge is 0.455 e. The number of urea groups is 1. The molecule has 0 aliphatic carbocycles. The Morgan fingerprint density at radius 2 is 1.44 bits per heavy atom. The van der Waals surface area contributed by atoms with Crippen molar-refractivity contribution in [2.75, 3.05) is 19.7 Å². The highest BCUT2D eigenvalue weighted by molar-refractivity contribution is 5.97. The maximum atomic E-state index is 12.7. The van der Waals surface area contributed by atoms with Gasteiger partial charge in [0.15, 0.2) is 6.61 Å². The van der Waals surface area contributed by atoms with Gasteiger partial charge in [0, 0.05) is 25.2 Å². The van der Waals surface area contributed by atoms with Crippen LogP contribution in [-0.2, 0) is 20.9 Å². The molecule has 4 rings (SSSR count). The Bertz CT molecular complexity index is 1200. The molecular formula is C28H27N3O5. The third-order valence-corrected chi connectivity index (χ3v) is 5.88. The Labute approximate surface area is 209 Å². The number of esters is 1. The van der Waals surface area contributed by atoms with Crippen LogP contribution in [0, 0.1) is 0 Å². The molecule has 36 heavy (non-hydrogen) atoms. The van der Waals surface area contributed by atoms with E-state index in [-0.39, 0.29) is 18.9 Å². The molecule has 184 valence electrons. The van der Waals surface area contributed by atoms with Gasteiger partial charge in [0.05, 0.1) is 12.5 Å². The van der Waals surface area contributed by atoms with Gasteiger partial charge in [-0.05, 0) is 23.3 Å². The molecular weight excluding hydrogens is 458 g/mol. The van der Waals surface area contributed by atoms with Gasteiger partial charge in [-0.3, -0.25) is 19.3 Å². The van der Waals surface area contributed by atoms with Crippen molar-refractivity contribution in [3.63, 3.8) is 0 Å². The van der Waals surface area contributed by atoms with Crippen molar-refractivity contribution in [3.05, 3.63) is 108 Å². The SMILES string of the molecule is O=C(C[C@H](NC(=O)c1ccccc1)c1ccccc1)OCC(=O)N1CCN(Cc2ccccc2)C1=O. The lowest BCUT2D eigenvalue weighted by molar-refractivity contribution is -0.151. The van der Waals surface area contributed by atoms with E-state index in [1.165, 1.54) is 0 Å². The van der Waals surface area contributed by atoms with E-state index in [1.54, 1.807) is 41.3 Å². The normalized spacial score (nSPS) is 13.8. The van der Waals surface area contributed by atoms with Crippen molar-refractivity contribution in [3.8, 4) is 0 Å². The lowest BCUT2D eigenvalue weighted by atomic mass is 10.0. The number of carbonyl (C=O) groups excluding carboxylic acids is 4. The van der Waals surface area contributed by atoms with Crippen LogP contribution in [0.15, 0.2) is 91.0 Å². The number of nitrogens with zero attached hydrogens (tertiary/aromatic N) is 2. The lowest BCUT2D eigenvalue weighted by Gasteiger charge is -2.20. The summed E-state index contributed by atoms with van der Waals surface area (Å²) in [5.41, 5.74) is 2.17. The second kappa shape index (κ2) is 11.8. The zero-order valence-electron chi connectivity index (χ0n) is 19.7. The molecule has 8 nitrogen and oxygen atoms in total. The number of hydrogen-bond donors (Lipinski definition) is 1. The topological polar surface area (TPSA) is 96.0 Å². The van der Waals surface area contributed by atoms with Crippen molar-refractivity contribution < 1.29 is 23.9 Å². The van der Waals surface area contributed by atoms with Crippen LogP contribution in [0.4, 0.5) is 4.79 Å². The molecule has 1 aliphatic rings. The monoisotopic (exact) mass is 485 g/mol. The molecule has 0 unspecified atom stereocenters. The number of ether oxygens (including phenoxy) is 1. The molecule has 0 saturated carbocycles. The van der Waals surface area contributed by atoms with Crippen LogP contribution in [0.5, 0.6) is 0 Å². The summed E-state index contributed by atoms with van der Waals surface area (Å²) >= 11 is 0. The second-order valence-corrected chi connectivity index (χ2v) is 8.40. The van der Waals surface area contributed by atoms with E-state index in [1.807, 2.05) is 54.6 Å². The van der Waals surface area contributed by atoms with E-state index in [0.29, 0.717) is 18.7 Å². The predicted molar refractivity (Wildman–Crippen MR) is 133 cm³/mol. The summed E-state index contributed by atoms with van der Waals surface area (Å²) in [6, 6.07) is 26.2. The highest BCUT2D eigenvalue weighted by atomic mass is 16.5. The fraction of sp³-hybridized carbons (Fsp3) is 0.214. The number of imide groups is 1. The summed E-state index contributed by atoms with van der Waals surface area (Å²) in [6.07, 6.45) is -0.163. The van der Waals surface area contributed by atoms with Gasteiger partial charge in [-0.2, -0.15) is 0 Å². The number of hydrogen-bond acceptors (Lipinski definition) is 5. The standard InChI is InChI=1S/C28H27N3O5/c32-25(31-17-16-30(28(31)35)19-21-10-4-1-5-11-21)20-36-26(33)18-24(22-12-6-2-7-13-22)29-27(34)23-14-8-3-9-15-23/h1-15,24H,16-20H2,(H,29,34)/t24-/m0/s1. The maximum absolute atomic E-state index is 12.7. The Balaban J connectivity index is 1.32. The van der Waals surface area contributed by atoms with E-state index in [9.17, 15) is 19.2 Å². The van der Waals surface area contributed by atoms with Crippen LogP contribution in [0.2, 0.25) is 0 Å². The smallest absolute Gasteiger partial charge is 0.327 e. The first-order valence-corrected chi connectivity index (χ1v) is 11.7. The fourth-order valence-electron chi connectivity index (χ4n) is 3.98. The Morgan fingerprint density at radius 3 is 2.11 bits per heavy atom. The first kappa shape index (κ1) is 24.7. The van der Waals surface area contributed by atoms with Crippen LogP contribution in [0.1, 0.15) is 33.9 Å². The molecule has 1 atom stereocenters. The van der Waals surface area contributed by atoms with Crippen molar-refractivity contribution in [2.45, 2.75) is 19.0 Å². The molecule has 3 aromatic rings. The number of amides is 4. The predicted octanol–water partition coefficient (Wildman–Crippen LogP) is 3.56. The Hall–Kier alpha value is -4.46. The van der Waals surface area contributed by atoms with Crippen molar-refractivity contribution in [2.24, 2.45) is 0 Å². The molecule has 1 aliphatic heterocycles. The van der Waals surface area contributed by atoms with Crippen molar-refractivity contribution in [1.82, 2.24) is 15.1 Å². The molecule has 0 radical (unpaired) electrons. The van der Waals surface area contributed by atoms with Gasteiger partial charge < -0.3 is 15.0 Å². The molecule has 3 aromatic carbocycles. The summed E-state index contributed by atoms with van der Waals surface area (Å²) in [4.78, 5) is 53.2. The van der Waals surface area contributed by atoms with E-state index >= 15 is 0 Å². The summed E-state index contributed by atoms with van der Waals surface area (Å²) in [5, 5.41) is 2.86. The van der Waals surface area contributed by atoms with Gasteiger partial charge >= 0.3 is 12.0 Å². The Kier molecular flexibility index (Phi) is 8.08. The maximum Gasteiger partial charge on any atom is 0.327 e. The molecule has 0 bridgehead atoms. The zero-order chi connectivity index (χ0) is 25.3. The van der Waals surface area contributed by atoms with Gasteiger partial charge in [0.2, 0.25) is 0 Å².